The molecule has 1 atom stereocenters. The van der Waals surface area contributed by atoms with Gasteiger partial charge in [-0.3, -0.25) is 9.59 Å². The second-order valence-electron chi connectivity index (χ2n) is 4.99. The van der Waals surface area contributed by atoms with Crippen LogP contribution in [0.3, 0.4) is 0 Å². The summed E-state index contributed by atoms with van der Waals surface area (Å²) in [6.07, 6.45) is 4.72. The van der Waals surface area contributed by atoms with E-state index in [1.54, 1.807) is 21.1 Å². The van der Waals surface area contributed by atoms with Crippen LogP contribution in [0.5, 0.6) is 0 Å². The Morgan fingerprint density at radius 1 is 1.36 bits per heavy atom. The standard InChI is InChI=1S/C15H22N4O3/c1-4-11(20)17-8-7-9-13-10(5-6-12(19-13)22-3)18-14(9)15(21)16-2/h5-6,13,18-19H,4,7-8H2,1-3H3,(H,16,21)(H,17,20). The highest BCUT2D eigenvalue weighted by molar-refractivity contribution is 5.95. The first-order valence-electron chi connectivity index (χ1n) is 7.32. The van der Waals surface area contributed by atoms with Gasteiger partial charge in [0.15, 0.2) is 5.88 Å². The molecule has 0 spiro atoms. The van der Waals surface area contributed by atoms with Crippen molar-refractivity contribution in [2.75, 3.05) is 20.7 Å². The van der Waals surface area contributed by atoms with E-state index in [0.29, 0.717) is 31.0 Å². The number of carbonyl (C=O) groups excluding carboxylic acids is 2. The molecule has 7 nitrogen and oxygen atoms in total. The topological polar surface area (TPSA) is 91.5 Å². The lowest BCUT2D eigenvalue weighted by atomic mass is 10.0. The fourth-order valence-corrected chi connectivity index (χ4v) is 2.47. The number of nitrogens with one attached hydrogen (secondary N) is 4. The van der Waals surface area contributed by atoms with Crippen molar-refractivity contribution in [3.8, 4) is 0 Å². The van der Waals surface area contributed by atoms with E-state index >= 15 is 0 Å². The summed E-state index contributed by atoms with van der Waals surface area (Å²) in [7, 11) is 3.18. The van der Waals surface area contributed by atoms with Gasteiger partial charge in [-0.1, -0.05) is 6.92 Å². The van der Waals surface area contributed by atoms with Crippen LogP contribution >= 0.6 is 0 Å². The van der Waals surface area contributed by atoms with Crippen LogP contribution in [0.25, 0.3) is 0 Å². The van der Waals surface area contributed by atoms with E-state index in [1.165, 1.54) is 0 Å². The Bertz CT molecular complexity index is 563. The molecule has 0 aliphatic carbocycles. The van der Waals surface area contributed by atoms with Crippen molar-refractivity contribution in [2.45, 2.75) is 25.8 Å². The van der Waals surface area contributed by atoms with Gasteiger partial charge < -0.3 is 26.0 Å². The van der Waals surface area contributed by atoms with Crippen LogP contribution in [0, 0.1) is 0 Å². The van der Waals surface area contributed by atoms with E-state index in [-0.39, 0.29) is 17.9 Å². The van der Waals surface area contributed by atoms with Gasteiger partial charge in [-0.2, -0.15) is 0 Å². The molecule has 0 saturated heterocycles. The average Bonchev–Trinajstić information content (AvgIpc) is 2.91. The molecule has 7 heteroatoms. The molecule has 2 rings (SSSR count). The second-order valence-corrected chi connectivity index (χ2v) is 4.99. The highest BCUT2D eigenvalue weighted by Gasteiger charge is 2.34. The number of hydrogen-bond donors (Lipinski definition) is 4. The minimum atomic E-state index is -0.173. The van der Waals surface area contributed by atoms with Gasteiger partial charge >= 0.3 is 0 Å². The van der Waals surface area contributed by atoms with E-state index in [1.807, 2.05) is 12.2 Å². The van der Waals surface area contributed by atoms with Gasteiger partial charge in [-0.05, 0) is 24.1 Å². The summed E-state index contributed by atoms with van der Waals surface area (Å²) in [5.41, 5.74) is 2.34. The van der Waals surface area contributed by atoms with Crippen molar-refractivity contribution in [1.82, 2.24) is 21.3 Å². The zero-order chi connectivity index (χ0) is 16.1. The number of dihydropyridines is 1. The normalized spacial score (nSPS) is 19.3. The quantitative estimate of drug-likeness (QED) is 0.548. The number of allylic oxidation sites excluding steroid dienone is 2. The van der Waals surface area contributed by atoms with E-state index in [4.69, 9.17) is 4.74 Å². The molecule has 2 heterocycles. The molecular formula is C15H22N4O3. The number of fused-ring (bicyclic) bond motifs is 1. The first-order valence-corrected chi connectivity index (χ1v) is 7.32. The largest absolute Gasteiger partial charge is 0.482 e. The average molecular weight is 306 g/mol. The van der Waals surface area contributed by atoms with Crippen LogP contribution in [0.2, 0.25) is 0 Å². The SMILES string of the molecule is CCC(=O)NCCC1=C(C(=O)NC)NC2=CC=C(OC)NC21. The Morgan fingerprint density at radius 3 is 2.77 bits per heavy atom. The molecule has 0 saturated carbocycles. The molecular weight excluding hydrogens is 284 g/mol. The molecule has 0 bridgehead atoms. The molecule has 0 aromatic heterocycles. The van der Waals surface area contributed by atoms with Gasteiger partial charge in [0.2, 0.25) is 5.91 Å². The predicted octanol–water partition coefficient (Wildman–Crippen LogP) is -0.150. The molecule has 2 aliphatic rings. The third-order valence-corrected chi connectivity index (χ3v) is 3.66. The molecule has 1 unspecified atom stereocenters. The van der Waals surface area contributed by atoms with Gasteiger partial charge in [0.1, 0.15) is 5.70 Å². The van der Waals surface area contributed by atoms with Crippen LogP contribution in [0.1, 0.15) is 19.8 Å². The third-order valence-electron chi connectivity index (χ3n) is 3.66. The maximum absolute atomic E-state index is 12.1. The number of likely N-dealkylation sites (N-methyl/N-ethyl adjacent to an activating group) is 1. The number of hydrogen-bond acceptors (Lipinski definition) is 5. The van der Waals surface area contributed by atoms with Gasteiger partial charge in [-0.15, -0.1) is 0 Å². The van der Waals surface area contributed by atoms with Crippen molar-refractivity contribution < 1.29 is 14.3 Å². The molecule has 4 N–H and O–H groups in total. The van der Waals surface area contributed by atoms with Crippen molar-refractivity contribution in [1.29, 1.82) is 0 Å². The minimum absolute atomic E-state index is 0.00195. The summed E-state index contributed by atoms with van der Waals surface area (Å²) < 4.78 is 5.21. The van der Waals surface area contributed by atoms with Crippen molar-refractivity contribution in [2.24, 2.45) is 0 Å². The first kappa shape index (κ1) is 15.9. The molecule has 120 valence electrons. The summed E-state index contributed by atoms with van der Waals surface area (Å²) in [4.78, 5) is 23.4. The fraction of sp³-hybridized carbons (Fsp3) is 0.467. The Balaban J connectivity index is 2.15. The summed E-state index contributed by atoms with van der Waals surface area (Å²) in [5, 5.41) is 11.8. The van der Waals surface area contributed by atoms with Gasteiger partial charge in [-0.25, -0.2) is 0 Å². The van der Waals surface area contributed by atoms with E-state index in [9.17, 15) is 9.59 Å². The summed E-state index contributed by atoms with van der Waals surface area (Å²) in [6, 6.07) is -0.134. The van der Waals surface area contributed by atoms with Crippen molar-refractivity contribution >= 4 is 11.8 Å². The monoisotopic (exact) mass is 306 g/mol. The third kappa shape index (κ3) is 3.24. The molecule has 22 heavy (non-hydrogen) atoms. The van der Waals surface area contributed by atoms with E-state index < -0.39 is 0 Å². The van der Waals surface area contributed by atoms with Crippen LogP contribution in [0.4, 0.5) is 0 Å². The first-order chi connectivity index (χ1) is 10.6. The Morgan fingerprint density at radius 2 is 2.14 bits per heavy atom. The highest BCUT2D eigenvalue weighted by Crippen LogP contribution is 2.28. The molecule has 0 aromatic rings. The van der Waals surface area contributed by atoms with Crippen LogP contribution < -0.4 is 21.3 Å². The van der Waals surface area contributed by atoms with Crippen LogP contribution in [0.15, 0.2) is 35.0 Å². The lowest BCUT2D eigenvalue weighted by molar-refractivity contribution is -0.120. The zero-order valence-corrected chi connectivity index (χ0v) is 13.1. The second kappa shape index (κ2) is 7.02. The maximum Gasteiger partial charge on any atom is 0.267 e. The van der Waals surface area contributed by atoms with Crippen molar-refractivity contribution in [3.05, 3.63) is 35.0 Å². The number of ether oxygens (including phenoxy) is 1. The van der Waals surface area contributed by atoms with Gasteiger partial charge in [0.05, 0.1) is 13.2 Å². The predicted molar refractivity (Wildman–Crippen MR) is 82.2 cm³/mol. The number of rotatable bonds is 6. The number of carbonyl (C=O) groups is 2. The van der Waals surface area contributed by atoms with Crippen LogP contribution in [-0.2, 0) is 14.3 Å². The zero-order valence-electron chi connectivity index (χ0n) is 13.1. The Kier molecular flexibility index (Phi) is 5.08. The number of methoxy groups -OCH3 is 1. The minimum Gasteiger partial charge on any atom is -0.482 e. The lowest BCUT2D eigenvalue weighted by Crippen LogP contribution is -2.35. The highest BCUT2D eigenvalue weighted by atomic mass is 16.5. The molecule has 2 aliphatic heterocycles. The Labute approximate surface area is 129 Å². The van der Waals surface area contributed by atoms with Gasteiger partial charge in [0, 0.05) is 25.7 Å². The number of amides is 2. The maximum atomic E-state index is 12.1. The van der Waals surface area contributed by atoms with Crippen LogP contribution in [-0.4, -0.2) is 38.6 Å². The van der Waals surface area contributed by atoms with Crippen molar-refractivity contribution in [3.63, 3.8) is 0 Å². The summed E-state index contributed by atoms with van der Waals surface area (Å²) in [5.74, 6) is 0.467. The summed E-state index contributed by atoms with van der Waals surface area (Å²) >= 11 is 0. The smallest absolute Gasteiger partial charge is 0.267 e. The molecule has 0 aromatic carbocycles. The van der Waals surface area contributed by atoms with E-state index in [0.717, 1.165) is 11.3 Å². The molecule has 0 radical (unpaired) electrons. The Hall–Kier alpha value is -2.44. The lowest BCUT2D eigenvalue weighted by Gasteiger charge is -2.23. The fourth-order valence-electron chi connectivity index (χ4n) is 2.47. The summed E-state index contributed by atoms with van der Waals surface area (Å²) in [6.45, 7) is 2.29. The van der Waals surface area contributed by atoms with E-state index in [2.05, 4.69) is 21.3 Å². The molecule has 0 fully saturated rings. The molecule has 2 amide bonds. The van der Waals surface area contributed by atoms with Gasteiger partial charge in [0.25, 0.3) is 5.91 Å².